The number of morpholine rings is 1. The number of halogens is 2. The van der Waals surface area contributed by atoms with Gasteiger partial charge in [0, 0.05) is 24.7 Å². The molecule has 1 N–H and O–H groups in total. The van der Waals surface area contributed by atoms with Crippen LogP contribution in [0.2, 0.25) is 10.0 Å². The Kier molecular flexibility index (Phi) is 7.97. The van der Waals surface area contributed by atoms with Gasteiger partial charge in [0.15, 0.2) is 0 Å². The third-order valence-corrected chi connectivity index (χ3v) is 5.61. The minimum atomic E-state index is -3.67. The van der Waals surface area contributed by atoms with Crippen molar-refractivity contribution >= 4 is 44.8 Å². The topological polar surface area (TPSA) is 79.0 Å². The molecule has 0 atom stereocenters. The number of rotatable bonds is 8. The summed E-state index contributed by atoms with van der Waals surface area (Å²) in [6.07, 6.45) is 1.82. The van der Waals surface area contributed by atoms with Crippen molar-refractivity contribution in [2.75, 3.05) is 56.5 Å². The first-order valence-electron chi connectivity index (χ1n) is 8.27. The van der Waals surface area contributed by atoms with Gasteiger partial charge in [-0.05, 0) is 31.2 Å². The molecule has 1 heterocycles. The van der Waals surface area contributed by atoms with Gasteiger partial charge in [-0.15, -0.1) is 0 Å². The summed E-state index contributed by atoms with van der Waals surface area (Å²) in [5.41, 5.74) is 0.224. The maximum absolute atomic E-state index is 12.2. The van der Waals surface area contributed by atoms with Crippen LogP contribution in [-0.2, 0) is 19.6 Å². The minimum Gasteiger partial charge on any atom is -0.379 e. The Morgan fingerprint density at radius 2 is 2.00 bits per heavy atom. The van der Waals surface area contributed by atoms with Gasteiger partial charge < -0.3 is 10.1 Å². The fraction of sp³-hybridized carbons (Fsp3) is 0.562. The van der Waals surface area contributed by atoms with E-state index in [0.717, 1.165) is 49.8 Å². The fourth-order valence-corrected chi connectivity index (χ4v) is 4.04. The van der Waals surface area contributed by atoms with Crippen molar-refractivity contribution in [3.8, 4) is 0 Å². The van der Waals surface area contributed by atoms with Crippen LogP contribution in [0.1, 0.15) is 6.42 Å². The van der Waals surface area contributed by atoms with E-state index in [1.807, 2.05) is 0 Å². The molecule has 0 bridgehead atoms. The standard InChI is InChI=1S/C16H23Cl2N3O4S/c1-26(23,24)21(15-4-3-13(17)11-14(15)18)12-16(22)19-5-2-6-20-7-9-25-10-8-20/h3-4,11H,2,5-10,12H2,1H3,(H,19,22). The van der Waals surface area contributed by atoms with Crippen LogP contribution in [0, 0.1) is 0 Å². The van der Waals surface area contributed by atoms with Gasteiger partial charge in [0.1, 0.15) is 6.54 Å². The third kappa shape index (κ3) is 6.59. The van der Waals surface area contributed by atoms with Crippen LogP contribution in [0.25, 0.3) is 0 Å². The highest BCUT2D eigenvalue weighted by molar-refractivity contribution is 7.92. The van der Waals surface area contributed by atoms with E-state index in [-0.39, 0.29) is 23.2 Å². The first kappa shape index (κ1) is 21.2. The number of hydrogen-bond acceptors (Lipinski definition) is 5. The van der Waals surface area contributed by atoms with E-state index in [9.17, 15) is 13.2 Å². The highest BCUT2D eigenvalue weighted by Gasteiger charge is 2.23. The number of benzene rings is 1. The lowest BCUT2D eigenvalue weighted by atomic mass is 10.3. The van der Waals surface area contributed by atoms with E-state index < -0.39 is 10.0 Å². The number of carbonyl (C=O) groups excluding carboxylic acids is 1. The Balaban J connectivity index is 1.88. The van der Waals surface area contributed by atoms with Gasteiger partial charge in [0.25, 0.3) is 0 Å². The van der Waals surface area contributed by atoms with E-state index in [1.54, 1.807) is 0 Å². The Morgan fingerprint density at radius 3 is 2.62 bits per heavy atom. The molecule has 0 aliphatic carbocycles. The molecule has 2 rings (SSSR count). The maximum Gasteiger partial charge on any atom is 0.240 e. The van der Waals surface area contributed by atoms with Gasteiger partial charge in [-0.25, -0.2) is 8.42 Å². The fourth-order valence-electron chi connectivity index (χ4n) is 2.61. The van der Waals surface area contributed by atoms with Gasteiger partial charge in [0.05, 0.1) is 30.2 Å². The van der Waals surface area contributed by atoms with Crippen LogP contribution in [0.3, 0.4) is 0 Å². The van der Waals surface area contributed by atoms with Gasteiger partial charge in [-0.1, -0.05) is 23.2 Å². The molecule has 1 aromatic rings. The molecule has 1 aliphatic heterocycles. The zero-order valence-electron chi connectivity index (χ0n) is 14.6. The average Bonchev–Trinajstić information content (AvgIpc) is 2.57. The summed E-state index contributed by atoms with van der Waals surface area (Å²) in [4.78, 5) is 14.5. The second-order valence-corrected chi connectivity index (χ2v) is 8.77. The van der Waals surface area contributed by atoms with E-state index in [0.29, 0.717) is 11.6 Å². The second-order valence-electron chi connectivity index (χ2n) is 6.02. The third-order valence-electron chi connectivity index (χ3n) is 3.94. The van der Waals surface area contributed by atoms with Crippen molar-refractivity contribution < 1.29 is 17.9 Å². The molecule has 0 spiro atoms. The molecule has 26 heavy (non-hydrogen) atoms. The summed E-state index contributed by atoms with van der Waals surface area (Å²) in [6, 6.07) is 4.45. The first-order chi connectivity index (χ1) is 12.3. The van der Waals surface area contributed by atoms with Crippen molar-refractivity contribution in [2.45, 2.75) is 6.42 Å². The number of hydrogen-bond donors (Lipinski definition) is 1. The molecule has 1 aliphatic rings. The number of amides is 1. The molecule has 1 saturated heterocycles. The number of ether oxygens (including phenoxy) is 1. The summed E-state index contributed by atoms with van der Waals surface area (Å²) >= 11 is 11.9. The summed E-state index contributed by atoms with van der Waals surface area (Å²) in [5.74, 6) is -0.386. The van der Waals surface area contributed by atoms with Crippen LogP contribution in [0.4, 0.5) is 5.69 Å². The number of carbonyl (C=O) groups is 1. The highest BCUT2D eigenvalue weighted by atomic mass is 35.5. The zero-order valence-corrected chi connectivity index (χ0v) is 16.9. The predicted molar refractivity (Wildman–Crippen MR) is 104 cm³/mol. The van der Waals surface area contributed by atoms with E-state index in [4.69, 9.17) is 27.9 Å². The van der Waals surface area contributed by atoms with Crippen molar-refractivity contribution in [3.63, 3.8) is 0 Å². The molecular weight excluding hydrogens is 401 g/mol. The van der Waals surface area contributed by atoms with E-state index in [2.05, 4.69) is 10.2 Å². The molecule has 1 amide bonds. The lowest BCUT2D eigenvalue weighted by Crippen LogP contribution is -2.42. The van der Waals surface area contributed by atoms with Gasteiger partial charge in [-0.2, -0.15) is 0 Å². The average molecular weight is 424 g/mol. The smallest absolute Gasteiger partial charge is 0.240 e. The molecule has 1 fully saturated rings. The minimum absolute atomic E-state index is 0.169. The first-order valence-corrected chi connectivity index (χ1v) is 10.9. The lowest BCUT2D eigenvalue weighted by Gasteiger charge is -2.26. The number of sulfonamides is 1. The molecule has 7 nitrogen and oxygen atoms in total. The SMILES string of the molecule is CS(=O)(=O)N(CC(=O)NCCCN1CCOCC1)c1ccc(Cl)cc1Cl. The van der Waals surface area contributed by atoms with Crippen molar-refractivity contribution in [1.82, 2.24) is 10.2 Å². The monoisotopic (exact) mass is 423 g/mol. The van der Waals surface area contributed by atoms with Crippen LogP contribution in [0.15, 0.2) is 18.2 Å². The normalized spacial score (nSPS) is 15.7. The Bertz CT molecular complexity index is 724. The summed E-state index contributed by atoms with van der Waals surface area (Å²) in [7, 11) is -3.67. The van der Waals surface area contributed by atoms with Crippen molar-refractivity contribution in [2.24, 2.45) is 0 Å². The lowest BCUT2D eigenvalue weighted by molar-refractivity contribution is -0.119. The number of anilines is 1. The van der Waals surface area contributed by atoms with Crippen LogP contribution in [-0.4, -0.2) is 71.4 Å². The Hall–Kier alpha value is -1.06. The maximum atomic E-state index is 12.2. The largest absolute Gasteiger partial charge is 0.379 e. The molecule has 0 aromatic heterocycles. The predicted octanol–water partition coefficient (Wildman–Crippen LogP) is 1.60. The molecule has 1 aromatic carbocycles. The van der Waals surface area contributed by atoms with Gasteiger partial charge in [0.2, 0.25) is 15.9 Å². The Labute approximate surface area is 164 Å². The Morgan fingerprint density at radius 1 is 1.31 bits per heavy atom. The molecule has 0 radical (unpaired) electrons. The van der Waals surface area contributed by atoms with Crippen molar-refractivity contribution in [3.05, 3.63) is 28.2 Å². The molecule has 146 valence electrons. The van der Waals surface area contributed by atoms with E-state index in [1.165, 1.54) is 18.2 Å². The van der Waals surface area contributed by atoms with Crippen LogP contribution in [0.5, 0.6) is 0 Å². The highest BCUT2D eigenvalue weighted by Crippen LogP contribution is 2.30. The summed E-state index contributed by atoms with van der Waals surface area (Å²) in [5, 5.41) is 3.31. The van der Waals surface area contributed by atoms with Gasteiger partial charge in [-0.3, -0.25) is 14.0 Å². The number of nitrogens with one attached hydrogen (secondary N) is 1. The van der Waals surface area contributed by atoms with Crippen LogP contribution < -0.4 is 9.62 Å². The zero-order chi connectivity index (χ0) is 19.2. The molecule has 0 saturated carbocycles. The van der Waals surface area contributed by atoms with Gasteiger partial charge >= 0.3 is 0 Å². The summed E-state index contributed by atoms with van der Waals surface area (Å²) in [6.45, 7) is 4.26. The molecular formula is C16H23Cl2N3O4S. The quantitative estimate of drug-likeness (QED) is 0.642. The van der Waals surface area contributed by atoms with Crippen molar-refractivity contribution in [1.29, 1.82) is 0 Å². The van der Waals surface area contributed by atoms with Crippen LogP contribution >= 0.6 is 23.2 Å². The molecule has 10 heteroatoms. The molecule has 0 unspecified atom stereocenters. The number of nitrogens with zero attached hydrogens (tertiary/aromatic N) is 2. The van der Waals surface area contributed by atoms with E-state index >= 15 is 0 Å². The second kappa shape index (κ2) is 9.75. The summed E-state index contributed by atoms with van der Waals surface area (Å²) < 4.78 is 30.4.